The molecule has 194 valence electrons. The third-order valence-corrected chi connectivity index (χ3v) is 6.32. The number of amides is 1. The molecule has 9 heteroatoms. The van der Waals surface area contributed by atoms with E-state index in [0.717, 1.165) is 16.7 Å². The Hall–Kier alpha value is -3.07. The molecule has 1 N–H and O–H groups in total. The number of amidine groups is 1. The van der Waals surface area contributed by atoms with E-state index < -0.39 is 0 Å². The Kier molecular flexibility index (Phi) is 8.66. The Bertz CT molecular complexity index is 1190. The summed E-state index contributed by atoms with van der Waals surface area (Å²) in [7, 11) is 3.19. The van der Waals surface area contributed by atoms with Crippen LogP contribution in [-0.4, -0.2) is 56.3 Å². The van der Waals surface area contributed by atoms with Crippen molar-refractivity contribution >= 4 is 33.7 Å². The number of hydrogen-bond acceptors (Lipinski definition) is 6. The number of hydrogen-bond donors (Lipinski definition) is 1. The first kappa shape index (κ1) is 27.5. The van der Waals surface area contributed by atoms with Gasteiger partial charge in [0.25, 0.3) is 5.91 Å². The van der Waals surface area contributed by atoms with Crippen molar-refractivity contribution in [3.8, 4) is 17.2 Å². The molecule has 3 rings (SSSR count). The van der Waals surface area contributed by atoms with Crippen LogP contribution in [0.5, 0.6) is 17.2 Å². The van der Waals surface area contributed by atoms with Crippen molar-refractivity contribution in [1.29, 1.82) is 0 Å². The van der Waals surface area contributed by atoms with Gasteiger partial charge in [-0.3, -0.25) is 9.59 Å². The van der Waals surface area contributed by atoms with Gasteiger partial charge in [0.2, 0.25) is 0 Å². The summed E-state index contributed by atoms with van der Waals surface area (Å²) in [5.74, 6) is 1.95. The van der Waals surface area contributed by atoms with Gasteiger partial charge in [-0.2, -0.15) is 4.02 Å². The molecule has 0 saturated heterocycles. The van der Waals surface area contributed by atoms with Crippen molar-refractivity contribution in [3.05, 3.63) is 52.1 Å². The van der Waals surface area contributed by atoms with Crippen LogP contribution in [0.15, 0.2) is 28.3 Å². The summed E-state index contributed by atoms with van der Waals surface area (Å²) < 4.78 is 21.5. The molecule has 0 atom stereocenters. The summed E-state index contributed by atoms with van der Waals surface area (Å²) in [5, 5.41) is 2.65. The Morgan fingerprint density at radius 1 is 1.08 bits per heavy atom. The number of Topliss-reactive ketones (excluding diaryl/α,β-unsaturated/α-hetero) is 1. The highest BCUT2D eigenvalue weighted by Gasteiger charge is 2.31. The molecule has 0 fully saturated rings. The highest BCUT2D eigenvalue weighted by atomic mass is 79.9. The number of nitrogens with zero attached hydrogens (tertiary/aromatic N) is 2. The number of carbonyl (C=O) groups excluding carboxylic acids is 2. The van der Waals surface area contributed by atoms with Crippen molar-refractivity contribution < 1.29 is 23.8 Å². The van der Waals surface area contributed by atoms with E-state index in [1.807, 2.05) is 30.9 Å². The molecule has 1 amide bonds. The second-order valence-corrected chi connectivity index (χ2v) is 9.80. The molecule has 0 saturated carbocycles. The summed E-state index contributed by atoms with van der Waals surface area (Å²) in [6, 6.07) is 7.24. The molecule has 36 heavy (non-hydrogen) atoms. The molecule has 0 aliphatic carbocycles. The topological polar surface area (TPSA) is 89.5 Å². The number of ketones is 1. The van der Waals surface area contributed by atoms with E-state index in [1.54, 1.807) is 26.3 Å². The zero-order valence-electron chi connectivity index (χ0n) is 22.0. The Balaban J connectivity index is 1.98. The average Bonchev–Trinajstić information content (AvgIpc) is 3.17. The van der Waals surface area contributed by atoms with Crippen LogP contribution in [0.3, 0.4) is 0 Å². The molecule has 0 bridgehead atoms. The summed E-state index contributed by atoms with van der Waals surface area (Å²) in [5.41, 5.74) is 3.31. The first-order chi connectivity index (χ1) is 17.1. The van der Waals surface area contributed by atoms with E-state index in [1.165, 1.54) is 0 Å². The Morgan fingerprint density at radius 2 is 1.75 bits per heavy atom. The van der Waals surface area contributed by atoms with Gasteiger partial charge in [-0.1, -0.05) is 20.8 Å². The van der Waals surface area contributed by atoms with Crippen LogP contribution in [0, 0.1) is 0 Å². The number of carbonyl (C=O) groups is 2. The van der Waals surface area contributed by atoms with E-state index in [-0.39, 0.29) is 23.7 Å². The molecule has 1 aliphatic heterocycles. The van der Waals surface area contributed by atoms with E-state index in [4.69, 9.17) is 14.2 Å². The normalized spacial score (nSPS) is 14.0. The van der Waals surface area contributed by atoms with Gasteiger partial charge in [-0.25, -0.2) is 0 Å². The monoisotopic (exact) mass is 559 g/mol. The van der Waals surface area contributed by atoms with E-state index >= 15 is 0 Å². The fraction of sp³-hybridized carbons (Fsp3) is 0.444. The minimum atomic E-state index is -0.258. The molecule has 2 aromatic rings. The Labute approximate surface area is 221 Å². The summed E-state index contributed by atoms with van der Waals surface area (Å²) >= 11 is 3.22. The quantitative estimate of drug-likeness (QED) is 0.439. The summed E-state index contributed by atoms with van der Waals surface area (Å²) in [6.45, 7) is 11.4. The van der Waals surface area contributed by atoms with Crippen LogP contribution in [-0.2, 0) is 12.0 Å². The van der Waals surface area contributed by atoms with Gasteiger partial charge in [0.1, 0.15) is 11.6 Å². The second kappa shape index (κ2) is 11.3. The minimum Gasteiger partial charge on any atom is -0.493 e. The lowest BCUT2D eigenvalue weighted by atomic mass is 9.84. The van der Waals surface area contributed by atoms with E-state index in [2.05, 4.69) is 46.3 Å². The van der Waals surface area contributed by atoms with E-state index in [0.29, 0.717) is 54.0 Å². The molecular formula is C27H34BrN3O5. The maximum Gasteiger partial charge on any atom is 0.254 e. The molecule has 0 radical (unpaired) electrons. The number of fused-ring (bicyclic) bond motifs is 1. The molecular weight excluding hydrogens is 526 g/mol. The van der Waals surface area contributed by atoms with Crippen molar-refractivity contribution in [1.82, 2.24) is 10.2 Å². The second-order valence-electron chi connectivity index (χ2n) is 9.44. The lowest BCUT2D eigenvalue weighted by Gasteiger charge is -2.25. The minimum absolute atomic E-state index is 0.0814. The van der Waals surface area contributed by atoms with Crippen LogP contribution >= 0.6 is 16.1 Å². The molecule has 1 aliphatic rings. The standard InChI is InChI=1S/C27H34BrN3O5/c1-8-35-22-12-17-14-31(25(30-28)18(17)13-19(22)26(33)29-6)15-21(32)16-10-20(27(3,4)5)24(34-7)23(11-16)36-9-2/h10-13H,8-9,14-15H2,1-7H3,(H,29,33). The third-order valence-electron chi connectivity index (χ3n) is 5.98. The number of rotatable bonds is 9. The Morgan fingerprint density at radius 3 is 2.31 bits per heavy atom. The van der Waals surface area contributed by atoms with Gasteiger partial charge in [-0.15, -0.1) is 0 Å². The maximum absolute atomic E-state index is 13.5. The summed E-state index contributed by atoms with van der Waals surface area (Å²) in [4.78, 5) is 27.9. The van der Waals surface area contributed by atoms with Gasteiger partial charge < -0.3 is 24.4 Å². The average molecular weight is 560 g/mol. The number of halogens is 1. The van der Waals surface area contributed by atoms with Gasteiger partial charge in [0.05, 0.1) is 48.6 Å². The SMILES string of the molecule is CCOc1cc2c(cc1C(=O)NC)C(=NBr)N(CC(=O)c1cc(OCC)c(OC)c(C(C)(C)C)c1)C2. The number of ether oxygens (including phenoxy) is 3. The van der Waals surface area contributed by atoms with Crippen LogP contribution in [0.25, 0.3) is 0 Å². The number of methoxy groups -OCH3 is 1. The first-order valence-corrected chi connectivity index (χ1v) is 12.6. The largest absolute Gasteiger partial charge is 0.493 e. The van der Waals surface area contributed by atoms with Crippen LogP contribution in [0.1, 0.15) is 72.0 Å². The lowest BCUT2D eigenvalue weighted by Crippen LogP contribution is -2.31. The number of nitrogens with one attached hydrogen (secondary N) is 1. The van der Waals surface area contributed by atoms with Crippen LogP contribution < -0.4 is 19.5 Å². The predicted octanol–water partition coefficient (Wildman–Crippen LogP) is 4.90. The van der Waals surface area contributed by atoms with Gasteiger partial charge >= 0.3 is 0 Å². The fourth-order valence-corrected chi connectivity index (χ4v) is 4.70. The zero-order valence-corrected chi connectivity index (χ0v) is 23.5. The van der Waals surface area contributed by atoms with Gasteiger partial charge in [-0.05, 0) is 49.1 Å². The zero-order chi connectivity index (χ0) is 26.6. The van der Waals surface area contributed by atoms with Crippen molar-refractivity contribution in [2.24, 2.45) is 4.02 Å². The molecule has 8 nitrogen and oxygen atoms in total. The van der Waals surface area contributed by atoms with Crippen molar-refractivity contribution in [3.63, 3.8) is 0 Å². The third kappa shape index (κ3) is 5.51. The highest BCUT2D eigenvalue weighted by Crippen LogP contribution is 2.40. The highest BCUT2D eigenvalue weighted by molar-refractivity contribution is 9.08. The molecule has 0 spiro atoms. The molecule has 1 heterocycles. The van der Waals surface area contributed by atoms with Crippen molar-refractivity contribution in [2.75, 3.05) is 33.9 Å². The van der Waals surface area contributed by atoms with Gasteiger partial charge in [0, 0.05) is 30.3 Å². The summed E-state index contributed by atoms with van der Waals surface area (Å²) in [6.07, 6.45) is 0. The van der Waals surface area contributed by atoms with Crippen LogP contribution in [0.4, 0.5) is 0 Å². The maximum atomic E-state index is 13.5. The van der Waals surface area contributed by atoms with E-state index in [9.17, 15) is 9.59 Å². The van der Waals surface area contributed by atoms with Gasteiger partial charge in [0.15, 0.2) is 17.3 Å². The lowest BCUT2D eigenvalue weighted by molar-refractivity contribution is 0.0953. The number of benzene rings is 2. The molecule has 0 unspecified atom stereocenters. The van der Waals surface area contributed by atoms with Crippen LogP contribution in [0.2, 0.25) is 0 Å². The molecule has 0 aromatic heterocycles. The smallest absolute Gasteiger partial charge is 0.254 e. The van der Waals surface area contributed by atoms with Crippen molar-refractivity contribution in [2.45, 2.75) is 46.6 Å². The first-order valence-electron chi connectivity index (χ1n) is 11.9. The molecule has 2 aromatic carbocycles. The predicted molar refractivity (Wildman–Crippen MR) is 144 cm³/mol. The fourth-order valence-electron chi connectivity index (χ4n) is 4.29.